The number of benzene rings is 2. The first-order chi connectivity index (χ1) is 14.0. The summed E-state index contributed by atoms with van der Waals surface area (Å²) in [5, 5.41) is 3.03. The van der Waals surface area contributed by atoms with Crippen LogP contribution in [0.4, 0.5) is 0 Å². The maximum absolute atomic E-state index is 12.5. The lowest BCUT2D eigenvalue weighted by atomic mass is 10.0. The summed E-state index contributed by atoms with van der Waals surface area (Å²) in [6.45, 7) is 4.45. The second kappa shape index (κ2) is 9.24. The van der Waals surface area contributed by atoms with Crippen molar-refractivity contribution in [3.05, 3.63) is 77.0 Å². The van der Waals surface area contributed by atoms with Crippen molar-refractivity contribution in [3.63, 3.8) is 0 Å². The number of pyridine rings is 1. The van der Waals surface area contributed by atoms with Gasteiger partial charge >= 0.3 is 0 Å². The molecule has 5 heteroatoms. The van der Waals surface area contributed by atoms with E-state index >= 15 is 0 Å². The molecule has 2 aromatic carbocycles. The minimum absolute atomic E-state index is 0.0316. The molecule has 5 nitrogen and oxygen atoms in total. The van der Waals surface area contributed by atoms with Crippen molar-refractivity contribution >= 4 is 5.91 Å². The van der Waals surface area contributed by atoms with Crippen LogP contribution in [0.1, 0.15) is 22.4 Å². The predicted octanol–water partition coefficient (Wildman–Crippen LogP) is 4.24. The summed E-state index contributed by atoms with van der Waals surface area (Å²) in [6, 6.07) is 17.4. The number of methoxy groups -OCH3 is 2. The Morgan fingerprint density at radius 3 is 2.10 bits per heavy atom. The highest BCUT2D eigenvalue weighted by Crippen LogP contribution is 2.27. The van der Waals surface area contributed by atoms with E-state index in [1.807, 2.05) is 68.4 Å². The Kier molecular flexibility index (Phi) is 6.50. The Hall–Kier alpha value is -3.34. The van der Waals surface area contributed by atoms with Gasteiger partial charge in [0.05, 0.1) is 26.3 Å². The molecule has 1 N–H and O–H groups in total. The molecule has 0 aliphatic heterocycles. The molecule has 0 aliphatic carbocycles. The zero-order chi connectivity index (χ0) is 20.8. The Morgan fingerprint density at radius 2 is 1.52 bits per heavy atom. The van der Waals surface area contributed by atoms with E-state index in [1.54, 1.807) is 14.2 Å². The minimum atomic E-state index is -0.0316. The molecule has 0 aliphatic rings. The van der Waals surface area contributed by atoms with Crippen LogP contribution in [0.5, 0.6) is 11.5 Å². The smallest absolute Gasteiger partial charge is 0.224 e. The third kappa shape index (κ3) is 5.13. The van der Waals surface area contributed by atoms with Crippen LogP contribution in [-0.4, -0.2) is 25.1 Å². The van der Waals surface area contributed by atoms with Gasteiger partial charge in [-0.25, -0.2) is 0 Å². The molecule has 3 aromatic rings. The van der Waals surface area contributed by atoms with Gasteiger partial charge in [0.1, 0.15) is 11.5 Å². The zero-order valence-electron chi connectivity index (χ0n) is 17.3. The normalized spacial score (nSPS) is 10.5. The van der Waals surface area contributed by atoms with Crippen molar-refractivity contribution in [1.82, 2.24) is 10.3 Å². The van der Waals surface area contributed by atoms with Crippen LogP contribution in [0.25, 0.3) is 11.3 Å². The second-order valence-electron chi connectivity index (χ2n) is 6.94. The van der Waals surface area contributed by atoms with E-state index in [2.05, 4.69) is 5.32 Å². The van der Waals surface area contributed by atoms with Gasteiger partial charge in [-0.3, -0.25) is 9.78 Å². The lowest BCUT2D eigenvalue weighted by Gasteiger charge is -2.15. The van der Waals surface area contributed by atoms with Crippen molar-refractivity contribution in [1.29, 1.82) is 0 Å². The number of ether oxygens (including phenoxy) is 2. The van der Waals surface area contributed by atoms with Gasteiger partial charge in [-0.05, 0) is 67.4 Å². The van der Waals surface area contributed by atoms with Crippen LogP contribution in [0, 0.1) is 13.8 Å². The number of carbonyl (C=O) groups excluding carboxylic acids is 1. The van der Waals surface area contributed by atoms with Gasteiger partial charge in [-0.2, -0.15) is 0 Å². The van der Waals surface area contributed by atoms with Gasteiger partial charge in [0, 0.05) is 23.4 Å². The summed E-state index contributed by atoms with van der Waals surface area (Å²) in [5.41, 5.74) is 5.89. The second-order valence-corrected chi connectivity index (χ2v) is 6.94. The van der Waals surface area contributed by atoms with E-state index in [4.69, 9.17) is 14.5 Å². The molecular formula is C24H26N2O3. The first-order valence-corrected chi connectivity index (χ1v) is 9.51. The van der Waals surface area contributed by atoms with Crippen molar-refractivity contribution in [2.24, 2.45) is 0 Å². The van der Waals surface area contributed by atoms with Crippen molar-refractivity contribution in [3.8, 4) is 22.8 Å². The van der Waals surface area contributed by atoms with Crippen LogP contribution < -0.4 is 14.8 Å². The van der Waals surface area contributed by atoms with Crippen molar-refractivity contribution in [2.45, 2.75) is 26.8 Å². The number of amides is 1. The number of nitrogens with zero attached hydrogens (tertiary/aromatic N) is 1. The Bertz CT molecular complexity index is 980. The highest BCUT2D eigenvalue weighted by molar-refractivity contribution is 5.79. The van der Waals surface area contributed by atoms with Gasteiger partial charge in [-0.1, -0.05) is 12.1 Å². The van der Waals surface area contributed by atoms with Crippen LogP contribution in [0.3, 0.4) is 0 Å². The molecule has 29 heavy (non-hydrogen) atoms. The van der Waals surface area contributed by atoms with Crippen LogP contribution in [0.15, 0.2) is 54.6 Å². The molecule has 0 radical (unpaired) electrons. The highest BCUT2D eigenvalue weighted by atomic mass is 16.5. The zero-order valence-corrected chi connectivity index (χ0v) is 17.3. The predicted molar refractivity (Wildman–Crippen MR) is 114 cm³/mol. The summed E-state index contributed by atoms with van der Waals surface area (Å²) >= 11 is 0. The standard InChI is InChI=1S/C24H26N2O3/c1-16-13-17(2)26-24(19-7-11-21(29-4)12-8-19)22(16)15-25-23(27)14-18-5-9-20(28-3)10-6-18/h5-13H,14-15H2,1-4H3,(H,25,27). The first-order valence-electron chi connectivity index (χ1n) is 9.51. The largest absolute Gasteiger partial charge is 0.497 e. The molecule has 0 saturated carbocycles. The summed E-state index contributed by atoms with van der Waals surface area (Å²) in [4.78, 5) is 17.2. The van der Waals surface area contributed by atoms with E-state index in [0.717, 1.165) is 45.1 Å². The van der Waals surface area contributed by atoms with E-state index in [9.17, 15) is 4.79 Å². The molecule has 1 amide bonds. The summed E-state index contributed by atoms with van der Waals surface area (Å²) in [5.74, 6) is 1.54. The van der Waals surface area contributed by atoms with Crippen molar-refractivity contribution < 1.29 is 14.3 Å². The SMILES string of the molecule is COc1ccc(CC(=O)NCc2c(C)cc(C)nc2-c2ccc(OC)cc2)cc1. The molecule has 0 saturated heterocycles. The molecule has 0 fully saturated rings. The topological polar surface area (TPSA) is 60.5 Å². The number of aromatic nitrogens is 1. The van der Waals surface area contributed by atoms with Gasteiger partial charge in [0.15, 0.2) is 0 Å². The Balaban J connectivity index is 1.76. The van der Waals surface area contributed by atoms with Gasteiger partial charge in [0.2, 0.25) is 5.91 Å². The molecule has 3 rings (SSSR count). The molecule has 0 unspecified atom stereocenters. The first kappa shape index (κ1) is 20.4. The number of nitrogens with one attached hydrogen (secondary N) is 1. The van der Waals surface area contributed by atoms with Crippen LogP contribution in [0.2, 0.25) is 0 Å². The van der Waals surface area contributed by atoms with Crippen LogP contribution in [-0.2, 0) is 17.8 Å². The van der Waals surface area contributed by atoms with E-state index in [0.29, 0.717) is 13.0 Å². The molecule has 0 atom stereocenters. The fourth-order valence-corrected chi connectivity index (χ4v) is 3.25. The van der Waals surface area contributed by atoms with Gasteiger partial charge < -0.3 is 14.8 Å². The van der Waals surface area contributed by atoms with E-state index < -0.39 is 0 Å². The third-order valence-electron chi connectivity index (χ3n) is 4.82. The number of hydrogen-bond donors (Lipinski definition) is 1. The Labute approximate surface area is 171 Å². The average Bonchev–Trinajstić information content (AvgIpc) is 2.73. The molecule has 1 heterocycles. The summed E-state index contributed by atoms with van der Waals surface area (Å²) in [7, 11) is 3.27. The number of aryl methyl sites for hydroxylation is 2. The quantitative estimate of drug-likeness (QED) is 0.655. The molecular weight excluding hydrogens is 364 g/mol. The molecule has 0 spiro atoms. The lowest BCUT2D eigenvalue weighted by Crippen LogP contribution is -2.25. The third-order valence-corrected chi connectivity index (χ3v) is 4.82. The van der Waals surface area contributed by atoms with Crippen molar-refractivity contribution in [2.75, 3.05) is 14.2 Å². The average molecular weight is 390 g/mol. The monoisotopic (exact) mass is 390 g/mol. The fraction of sp³-hybridized carbons (Fsp3) is 0.250. The maximum Gasteiger partial charge on any atom is 0.224 e. The molecule has 0 bridgehead atoms. The summed E-state index contributed by atoms with van der Waals surface area (Å²) < 4.78 is 10.4. The van der Waals surface area contributed by atoms with Gasteiger partial charge in [-0.15, -0.1) is 0 Å². The van der Waals surface area contributed by atoms with E-state index in [1.165, 1.54) is 0 Å². The maximum atomic E-state index is 12.5. The minimum Gasteiger partial charge on any atom is -0.497 e. The highest BCUT2D eigenvalue weighted by Gasteiger charge is 2.13. The number of rotatable bonds is 7. The molecule has 1 aromatic heterocycles. The molecule has 150 valence electrons. The lowest BCUT2D eigenvalue weighted by molar-refractivity contribution is -0.120. The fourth-order valence-electron chi connectivity index (χ4n) is 3.25. The van der Waals surface area contributed by atoms with E-state index in [-0.39, 0.29) is 5.91 Å². The number of carbonyl (C=O) groups is 1. The van der Waals surface area contributed by atoms with Gasteiger partial charge in [0.25, 0.3) is 0 Å². The summed E-state index contributed by atoms with van der Waals surface area (Å²) in [6.07, 6.45) is 0.320. The number of hydrogen-bond acceptors (Lipinski definition) is 4. The van der Waals surface area contributed by atoms with Crippen LogP contribution >= 0.6 is 0 Å². The Morgan fingerprint density at radius 1 is 0.931 bits per heavy atom.